The summed E-state index contributed by atoms with van der Waals surface area (Å²) < 4.78 is 5.07. The molecule has 0 spiro atoms. The third kappa shape index (κ3) is 5.54. The summed E-state index contributed by atoms with van der Waals surface area (Å²) in [5.74, 6) is 0.270. The number of hydrogen-bond acceptors (Lipinski definition) is 4. The molecule has 144 valence electrons. The number of benzene rings is 2. The highest BCUT2D eigenvalue weighted by molar-refractivity contribution is 5.94. The fraction of sp³-hybridized carbons (Fsp3) is 0.304. The Morgan fingerprint density at radius 2 is 1.89 bits per heavy atom. The molecule has 0 saturated carbocycles. The predicted molar refractivity (Wildman–Crippen MR) is 111 cm³/mol. The van der Waals surface area contributed by atoms with Crippen LogP contribution in [-0.2, 0) is 4.74 Å². The molecule has 1 unspecified atom stereocenters. The third-order valence-corrected chi connectivity index (χ3v) is 4.55. The quantitative estimate of drug-likeness (QED) is 0.580. The van der Waals surface area contributed by atoms with Gasteiger partial charge in [0, 0.05) is 12.5 Å². The predicted octanol–water partition coefficient (Wildman–Crippen LogP) is 4.21. The number of ether oxygens (including phenoxy) is 1. The molecule has 0 aliphatic carbocycles. The van der Waals surface area contributed by atoms with Crippen molar-refractivity contribution in [3.05, 3.63) is 71.3 Å². The lowest BCUT2D eigenvalue weighted by molar-refractivity contribution is 0.190. The van der Waals surface area contributed by atoms with Crippen molar-refractivity contribution < 1.29 is 20.1 Å². The Bertz CT molecular complexity index is 849. The molecule has 0 aromatic heterocycles. The Morgan fingerprint density at radius 1 is 1.19 bits per heavy atom. The molecule has 4 nitrogen and oxygen atoms in total. The Morgan fingerprint density at radius 3 is 2.56 bits per heavy atom. The van der Waals surface area contributed by atoms with E-state index in [9.17, 15) is 15.3 Å². The van der Waals surface area contributed by atoms with E-state index in [4.69, 9.17) is 4.74 Å². The van der Waals surface area contributed by atoms with Gasteiger partial charge in [-0.25, -0.2) is 0 Å². The normalized spacial score (nSPS) is 13.8. The number of allylic oxidation sites excluding steroid dienone is 1. The second-order valence-corrected chi connectivity index (χ2v) is 6.64. The minimum Gasteiger partial charge on any atom is -0.507 e. The summed E-state index contributed by atoms with van der Waals surface area (Å²) in [6.07, 6.45) is 4.17. The molecule has 0 fully saturated rings. The van der Waals surface area contributed by atoms with Crippen LogP contribution in [0.4, 0.5) is 0 Å². The molecule has 0 aliphatic rings. The number of aromatic hydroxyl groups is 1. The first kappa shape index (κ1) is 20.9. The lowest BCUT2D eigenvalue weighted by atomic mass is 9.95. The van der Waals surface area contributed by atoms with Gasteiger partial charge in [0.15, 0.2) is 0 Å². The zero-order valence-electron chi connectivity index (χ0n) is 16.0. The molecule has 2 aromatic carbocycles. The van der Waals surface area contributed by atoms with Crippen molar-refractivity contribution in [2.75, 3.05) is 20.3 Å². The number of phenolic OH excluding ortho intramolecular Hbond substituents is 1. The van der Waals surface area contributed by atoms with E-state index in [-0.39, 0.29) is 12.4 Å². The average molecular weight is 368 g/mol. The van der Waals surface area contributed by atoms with Gasteiger partial charge in [0.2, 0.25) is 0 Å². The highest BCUT2D eigenvalue weighted by atomic mass is 16.5. The summed E-state index contributed by atoms with van der Waals surface area (Å²) in [5.41, 5.74) is 3.45. The minimum absolute atomic E-state index is 0.149. The summed E-state index contributed by atoms with van der Waals surface area (Å²) in [6.45, 7) is 6.11. The molecule has 0 aliphatic heterocycles. The maximum Gasteiger partial charge on any atom is 0.123 e. The average Bonchev–Trinajstić information content (AvgIpc) is 2.67. The number of fused-ring (bicyclic) bond motifs is 1. The maximum absolute atomic E-state index is 10.5. The number of methoxy groups -OCH3 is 1. The Hall–Kier alpha value is -2.40. The minimum atomic E-state index is -0.709. The fourth-order valence-corrected chi connectivity index (χ4v) is 3.16. The van der Waals surface area contributed by atoms with Crippen LogP contribution in [-0.4, -0.2) is 41.7 Å². The molecular weight excluding hydrogens is 340 g/mol. The zero-order valence-corrected chi connectivity index (χ0v) is 16.0. The van der Waals surface area contributed by atoms with Crippen LogP contribution in [0, 0.1) is 0 Å². The lowest BCUT2D eigenvalue weighted by Gasteiger charge is -2.17. The van der Waals surface area contributed by atoms with Crippen LogP contribution in [0.25, 0.3) is 16.8 Å². The van der Waals surface area contributed by atoms with Crippen LogP contribution >= 0.6 is 0 Å². The lowest BCUT2D eigenvalue weighted by Crippen LogP contribution is -2.15. The Labute approximate surface area is 160 Å². The van der Waals surface area contributed by atoms with Gasteiger partial charge in [-0.1, -0.05) is 54.6 Å². The van der Waals surface area contributed by atoms with Gasteiger partial charge in [-0.2, -0.15) is 0 Å². The van der Waals surface area contributed by atoms with E-state index in [0.29, 0.717) is 30.6 Å². The second kappa shape index (κ2) is 10.1. The Kier molecular flexibility index (Phi) is 7.80. The molecule has 2 rings (SSSR count). The Balaban J connectivity index is 2.13. The molecule has 3 N–H and O–H groups in total. The molecular formula is C23H28O4. The van der Waals surface area contributed by atoms with E-state index in [2.05, 4.69) is 12.7 Å². The van der Waals surface area contributed by atoms with Gasteiger partial charge >= 0.3 is 0 Å². The number of phenols is 1. The molecule has 1 atom stereocenters. The fourth-order valence-electron chi connectivity index (χ4n) is 3.16. The van der Waals surface area contributed by atoms with Crippen molar-refractivity contribution in [1.82, 2.24) is 0 Å². The van der Waals surface area contributed by atoms with Gasteiger partial charge in [-0.15, -0.1) is 0 Å². The molecule has 0 amide bonds. The van der Waals surface area contributed by atoms with Gasteiger partial charge in [0.25, 0.3) is 0 Å². The van der Waals surface area contributed by atoms with E-state index in [1.165, 1.54) is 0 Å². The van der Waals surface area contributed by atoms with E-state index in [1.807, 2.05) is 37.3 Å². The third-order valence-electron chi connectivity index (χ3n) is 4.55. The zero-order chi connectivity index (χ0) is 19.8. The largest absolute Gasteiger partial charge is 0.507 e. The summed E-state index contributed by atoms with van der Waals surface area (Å²) in [7, 11) is 1.57. The van der Waals surface area contributed by atoms with Gasteiger partial charge in [-0.3, -0.25) is 0 Å². The molecule has 2 aromatic rings. The van der Waals surface area contributed by atoms with E-state index in [1.54, 1.807) is 19.3 Å². The first-order chi connectivity index (χ1) is 13.0. The summed E-state index contributed by atoms with van der Waals surface area (Å²) in [5, 5.41) is 31.5. The number of aliphatic hydroxyl groups is 2. The first-order valence-electron chi connectivity index (χ1n) is 9.01. The van der Waals surface area contributed by atoms with Crippen LogP contribution < -0.4 is 0 Å². The van der Waals surface area contributed by atoms with Crippen molar-refractivity contribution in [2.45, 2.75) is 25.9 Å². The highest BCUT2D eigenvalue weighted by Gasteiger charge is 2.14. The topological polar surface area (TPSA) is 69.9 Å². The molecule has 4 heteroatoms. The van der Waals surface area contributed by atoms with E-state index in [0.717, 1.165) is 21.9 Å². The van der Waals surface area contributed by atoms with Crippen molar-refractivity contribution in [2.24, 2.45) is 0 Å². The summed E-state index contributed by atoms with van der Waals surface area (Å²) in [6, 6.07) is 11.3. The molecule has 0 saturated heterocycles. The highest BCUT2D eigenvalue weighted by Crippen LogP contribution is 2.29. The van der Waals surface area contributed by atoms with Crippen LogP contribution in [0.1, 0.15) is 25.3 Å². The molecule has 0 bridgehead atoms. The molecule has 27 heavy (non-hydrogen) atoms. The monoisotopic (exact) mass is 368 g/mol. The van der Waals surface area contributed by atoms with Crippen LogP contribution in [0.5, 0.6) is 5.75 Å². The molecule has 0 heterocycles. The van der Waals surface area contributed by atoms with Crippen LogP contribution in [0.2, 0.25) is 0 Å². The standard InChI is InChI=1S/C23H28O4/c1-16(8-10-22(25)19(12-13-24)17(2)15-27-3)14-18-9-11-23(26)21-7-5-4-6-20(18)21/h4-7,9,11-12,14,22,24-26H,2,8,10,13,15H2,1,3H3/b16-14+,19-12-. The number of aliphatic hydroxyl groups excluding tert-OH is 2. The smallest absolute Gasteiger partial charge is 0.123 e. The summed E-state index contributed by atoms with van der Waals surface area (Å²) >= 11 is 0. The molecule has 0 radical (unpaired) electrons. The van der Waals surface area contributed by atoms with Crippen molar-refractivity contribution in [3.8, 4) is 5.75 Å². The van der Waals surface area contributed by atoms with E-state index >= 15 is 0 Å². The number of rotatable bonds is 9. The van der Waals surface area contributed by atoms with Gasteiger partial charge < -0.3 is 20.1 Å². The SMILES string of the molecule is C=C(COC)/C(=C/CO)C(O)CC/C(C)=C/c1ccc(O)c2ccccc12. The van der Waals surface area contributed by atoms with Gasteiger partial charge in [0.1, 0.15) is 5.75 Å². The van der Waals surface area contributed by atoms with Crippen molar-refractivity contribution >= 4 is 16.8 Å². The van der Waals surface area contributed by atoms with Crippen molar-refractivity contribution in [1.29, 1.82) is 0 Å². The second-order valence-electron chi connectivity index (χ2n) is 6.64. The van der Waals surface area contributed by atoms with Crippen LogP contribution in [0.15, 0.2) is 65.8 Å². The van der Waals surface area contributed by atoms with Crippen molar-refractivity contribution in [3.63, 3.8) is 0 Å². The van der Waals surface area contributed by atoms with Crippen LogP contribution in [0.3, 0.4) is 0 Å². The van der Waals surface area contributed by atoms with Gasteiger partial charge in [-0.05, 0) is 47.9 Å². The maximum atomic E-state index is 10.5. The summed E-state index contributed by atoms with van der Waals surface area (Å²) in [4.78, 5) is 0. The number of hydrogen-bond donors (Lipinski definition) is 3. The van der Waals surface area contributed by atoms with Gasteiger partial charge in [0.05, 0.1) is 19.3 Å². The van der Waals surface area contributed by atoms with E-state index < -0.39 is 6.10 Å². The first-order valence-corrected chi connectivity index (χ1v) is 9.01.